The van der Waals surface area contributed by atoms with Gasteiger partial charge in [0.25, 0.3) is 0 Å². The minimum absolute atomic E-state index is 0.183. The Morgan fingerprint density at radius 1 is 1.06 bits per heavy atom. The van der Waals surface area contributed by atoms with Crippen molar-refractivity contribution in [2.45, 2.75) is 27.2 Å². The summed E-state index contributed by atoms with van der Waals surface area (Å²) in [5.74, 6) is 0. The van der Waals surface area contributed by atoms with E-state index in [4.69, 9.17) is 4.63 Å². The molecule has 0 fully saturated rings. The number of rotatable bonds is 2. The molecule has 0 atom stereocenters. The number of benzene rings is 1. The van der Waals surface area contributed by atoms with E-state index < -0.39 is 0 Å². The molecule has 16 heavy (non-hydrogen) atoms. The summed E-state index contributed by atoms with van der Waals surface area (Å²) in [6.07, 6.45) is 0.862. The van der Waals surface area contributed by atoms with Crippen molar-refractivity contribution < 1.29 is 4.63 Å². The summed E-state index contributed by atoms with van der Waals surface area (Å²) < 4.78 is 4.85. The Kier molecular flexibility index (Phi) is 2.77. The molecule has 0 aliphatic rings. The molecule has 0 unspecified atom stereocenters. The SMILES string of the molecule is CC(C)(C)Cc1nonc1-c1ccccc1. The third-order valence-corrected chi connectivity index (χ3v) is 2.30. The first kappa shape index (κ1) is 10.9. The van der Waals surface area contributed by atoms with Gasteiger partial charge in [-0.15, -0.1) is 0 Å². The van der Waals surface area contributed by atoms with Crippen LogP contribution < -0.4 is 0 Å². The summed E-state index contributed by atoms with van der Waals surface area (Å²) in [6.45, 7) is 6.53. The van der Waals surface area contributed by atoms with Crippen molar-refractivity contribution in [3.05, 3.63) is 36.0 Å². The highest BCUT2D eigenvalue weighted by Gasteiger charge is 2.19. The minimum Gasteiger partial charge on any atom is -0.244 e. The average Bonchev–Trinajstić information content (AvgIpc) is 2.64. The lowest BCUT2D eigenvalue weighted by molar-refractivity contribution is 0.297. The Morgan fingerprint density at radius 3 is 2.38 bits per heavy atom. The smallest absolute Gasteiger partial charge is 0.138 e. The molecule has 0 bridgehead atoms. The van der Waals surface area contributed by atoms with Gasteiger partial charge in [-0.3, -0.25) is 0 Å². The van der Waals surface area contributed by atoms with E-state index in [9.17, 15) is 0 Å². The maximum absolute atomic E-state index is 4.85. The van der Waals surface area contributed by atoms with Crippen LogP contribution in [0.5, 0.6) is 0 Å². The molecule has 2 rings (SSSR count). The van der Waals surface area contributed by atoms with Gasteiger partial charge in [-0.25, -0.2) is 4.63 Å². The Hall–Kier alpha value is -1.64. The van der Waals surface area contributed by atoms with Gasteiger partial charge in [0.15, 0.2) is 0 Å². The summed E-state index contributed by atoms with van der Waals surface area (Å²) in [6, 6.07) is 10.0. The lowest BCUT2D eigenvalue weighted by Gasteiger charge is -2.15. The normalized spacial score (nSPS) is 11.7. The van der Waals surface area contributed by atoms with Gasteiger partial charge in [-0.05, 0) is 10.6 Å². The van der Waals surface area contributed by atoms with Crippen LogP contribution in [-0.2, 0) is 6.42 Å². The van der Waals surface area contributed by atoms with Gasteiger partial charge < -0.3 is 0 Å². The van der Waals surface area contributed by atoms with Gasteiger partial charge in [-0.1, -0.05) is 56.3 Å². The van der Waals surface area contributed by atoms with Crippen LogP contribution in [0.25, 0.3) is 11.3 Å². The lowest BCUT2D eigenvalue weighted by Crippen LogP contribution is -2.10. The first-order valence-corrected chi connectivity index (χ1v) is 5.43. The first-order valence-electron chi connectivity index (χ1n) is 5.43. The number of nitrogens with zero attached hydrogens (tertiary/aromatic N) is 2. The number of hydrogen-bond donors (Lipinski definition) is 0. The molecular formula is C13H16N2O. The van der Waals surface area contributed by atoms with Crippen molar-refractivity contribution in [1.29, 1.82) is 0 Å². The maximum atomic E-state index is 4.85. The third-order valence-electron chi connectivity index (χ3n) is 2.30. The van der Waals surface area contributed by atoms with Crippen LogP contribution in [0, 0.1) is 5.41 Å². The van der Waals surface area contributed by atoms with Gasteiger partial charge in [0.05, 0.1) is 0 Å². The summed E-state index contributed by atoms with van der Waals surface area (Å²) in [4.78, 5) is 0. The Morgan fingerprint density at radius 2 is 1.75 bits per heavy atom. The van der Waals surface area contributed by atoms with Gasteiger partial charge in [-0.2, -0.15) is 0 Å². The zero-order valence-corrected chi connectivity index (χ0v) is 9.90. The van der Waals surface area contributed by atoms with Crippen LogP contribution in [0.1, 0.15) is 26.5 Å². The molecule has 3 heteroatoms. The van der Waals surface area contributed by atoms with Gasteiger partial charge in [0, 0.05) is 12.0 Å². The highest BCUT2D eigenvalue weighted by molar-refractivity contribution is 5.60. The highest BCUT2D eigenvalue weighted by atomic mass is 16.6. The zero-order valence-electron chi connectivity index (χ0n) is 9.90. The van der Waals surface area contributed by atoms with Crippen molar-refractivity contribution in [1.82, 2.24) is 10.3 Å². The van der Waals surface area contributed by atoms with E-state index in [1.807, 2.05) is 30.3 Å². The van der Waals surface area contributed by atoms with Crippen LogP contribution in [-0.4, -0.2) is 10.3 Å². The molecule has 2 aromatic rings. The van der Waals surface area contributed by atoms with Crippen LogP contribution in [0.15, 0.2) is 35.0 Å². The van der Waals surface area contributed by atoms with Crippen LogP contribution in [0.2, 0.25) is 0 Å². The van der Waals surface area contributed by atoms with Crippen molar-refractivity contribution in [2.24, 2.45) is 5.41 Å². The van der Waals surface area contributed by atoms with Crippen molar-refractivity contribution in [2.75, 3.05) is 0 Å². The van der Waals surface area contributed by atoms with E-state index in [1.165, 1.54) is 0 Å². The molecule has 0 spiro atoms. The topological polar surface area (TPSA) is 38.9 Å². The minimum atomic E-state index is 0.183. The molecular weight excluding hydrogens is 200 g/mol. The molecule has 0 saturated carbocycles. The van der Waals surface area contributed by atoms with Crippen LogP contribution in [0.4, 0.5) is 0 Å². The fraction of sp³-hybridized carbons (Fsp3) is 0.385. The third kappa shape index (κ3) is 2.48. The second kappa shape index (κ2) is 4.08. The molecule has 3 nitrogen and oxygen atoms in total. The van der Waals surface area contributed by atoms with Crippen molar-refractivity contribution >= 4 is 0 Å². The number of hydrogen-bond acceptors (Lipinski definition) is 3. The van der Waals surface area contributed by atoms with Gasteiger partial charge in [0.1, 0.15) is 11.4 Å². The molecule has 1 heterocycles. The molecule has 0 aliphatic heterocycles. The predicted molar refractivity (Wildman–Crippen MR) is 62.9 cm³/mol. The van der Waals surface area contributed by atoms with Gasteiger partial charge >= 0.3 is 0 Å². The molecule has 1 aromatic heterocycles. The van der Waals surface area contributed by atoms with E-state index in [2.05, 4.69) is 31.1 Å². The van der Waals surface area contributed by atoms with E-state index in [1.54, 1.807) is 0 Å². The summed E-state index contributed by atoms with van der Waals surface area (Å²) >= 11 is 0. The standard InChI is InChI=1S/C13H16N2O/c1-13(2,3)9-11-12(15-16-14-11)10-7-5-4-6-8-10/h4-8H,9H2,1-3H3. The fourth-order valence-corrected chi connectivity index (χ4v) is 1.64. The molecule has 0 saturated heterocycles. The second-order valence-corrected chi connectivity index (χ2v) is 5.16. The van der Waals surface area contributed by atoms with E-state index in [-0.39, 0.29) is 5.41 Å². The Bertz CT molecular complexity index is 454. The Labute approximate surface area is 95.4 Å². The maximum Gasteiger partial charge on any atom is 0.138 e. The molecule has 1 aromatic carbocycles. The van der Waals surface area contributed by atoms with E-state index >= 15 is 0 Å². The molecule has 84 valence electrons. The second-order valence-electron chi connectivity index (χ2n) is 5.16. The van der Waals surface area contributed by atoms with Gasteiger partial charge in [0.2, 0.25) is 0 Å². The zero-order chi connectivity index (χ0) is 11.6. The van der Waals surface area contributed by atoms with Crippen LogP contribution in [0.3, 0.4) is 0 Å². The summed E-state index contributed by atoms with van der Waals surface area (Å²) in [5, 5.41) is 7.98. The lowest BCUT2D eigenvalue weighted by atomic mass is 9.89. The average molecular weight is 216 g/mol. The van der Waals surface area contributed by atoms with Crippen molar-refractivity contribution in [3.63, 3.8) is 0 Å². The quantitative estimate of drug-likeness (QED) is 0.773. The largest absolute Gasteiger partial charge is 0.244 e. The monoisotopic (exact) mass is 216 g/mol. The molecule has 0 amide bonds. The summed E-state index contributed by atoms with van der Waals surface area (Å²) in [5.41, 5.74) is 3.03. The van der Waals surface area contributed by atoms with Crippen LogP contribution >= 0.6 is 0 Å². The van der Waals surface area contributed by atoms with Crippen molar-refractivity contribution in [3.8, 4) is 11.3 Å². The molecule has 0 aliphatic carbocycles. The highest BCUT2D eigenvalue weighted by Crippen LogP contribution is 2.26. The molecule has 0 radical (unpaired) electrons. The predicted octanol–water partition coefficient (Wildman–Crippen LogP) is 3.33. The first-order chi connectivity index (χ1) is 7.56. The summed E-state index contributed by atoms with van der Waals surface area (Å²) in [7, 11) is 0. The van der Waals surface area contributed by atoms with E-state index in [0.717, 1.165) is 23.4 Å². The molecule has 0 N–H and O–H groups in total. The number of aromatic nitrogens is 2. The van der Waals surface area contributed by atoms with E-state index in [0.29, 0.717) is 0 Å². The Balaban J connectivity index is 2.33. The fourth-order valence-electron chi connectivity index (χ4n) is 1.64.